The maximum absolute atomic E-state index is 13.2. The molecule has 1 fully saturated rings. The van der Waals surface area contributed by atoms with E-state index in [0.717, 1.165) is 22.5 Å². The molecule has 1 unspecified atom stereocenters. The van der Waals surface area contributed by atoms with Crippen molar-refractivity contribution in [2.24, 2.45) is 11.7 Å². The van der Waals surface area contributed by atoms with Gasteiger partial charge in [0.15, 0.2) is 0 Å². The third kappa shape index (κ3) is 5.63. The number of halogens is 3. The number of nitrogens with two attached hydrogens (primary N) is 1. The van der Waals surface area contributed by atoms with Crippen molar-refractivity contribution in [3.63, 3.8) is 0 Å². The fourth-order valence-corrected chi connectivity index (χ4v) is 4.93. The average molecular weight is 450 g/mol. The number of sulfonamides is 1. The average Bonchev–Trinajstić information content (AvgIpc) is 2.65. The number of piperazine rings is 1. The molecule has 1 aliphatic heterocycles. The molecule has 0 radical (unpaired) electrons. The van der Waals surface area contributed by atoms with Gasteiger partial charge in [0, 0.05) is 26.2 Å². The highest BCUT2D eigenvalue weighted by atomic mass is 32.2. The van der Waals surface area contributed by atoms with Gasteiger partial charge in [-0.25, -0.2) is 13.2 Å². The molecule has 0 spiro atoms. The van der Waals surface area contributed by atoms with E-state index in [1.54, 1.807) is 0 Å². The molecule has 1 saturated heterocycles. The van der Waals surface area contributed by atoms with Gasteiger partial charge in [0.25, 0.3) is 0 Å². The van der Waals surface area contributed by atoms with Crippen molar-refractivity contribution in [2.45, 2.75) is 37.4 Å². The summed E-state index contributed by atoms with van der Waals surface area (Å²) in [6.45, 7) is 3.39. The summed E-state index contributed by atoms with van der Waals surface area (Å²) in [6, 6.07) is 2.30. The minimum Gasteiger partial charge on any atom is -0.352 e. The number of urea groups is 1. The van der Waals surface area contributed by atoms with Gasteiger partial charge < -0.3 is 16.0 Å². The van der Waals surface area contributed by atoms with Gasteiger partial charge >= 0.3 is 12.2 Å². The van der Waals surface area contributed by atoms with E-state index in [-0.39, 0.29) is 32.1 Å². The van der Waals surface area contributed by atoms with E-state index in [1.165, 1.54) is 11.0 Å². The number of carbonyl (C=O) groups excluding carboxylic acids is 2. The number of benzene rings is 1. The van der Waals surface area contributed by atoms with Crippen LogP contribution in [0.2, 0.25) is 0 Å². The number of carbonyl (C=O) groups is 2. The second-order valence-electron chi connectivity index (χ2n) is 7.41. The highest BCUT2D eigenvalue weighted by Gasteiger charge is 2.40. The van der Waals surface area contributed by atoms with E-state index in [1.807, 2.05) is 13.8 Å². The maximum Gasteiger partial charge on any atom is 0.417 e. The normalized spacial score (nSPS) is 17.1. The molecule has 3 amide bonds. The molecule has 12 heteroatoms. The molecule has 1 heterocycles. The second-order valence-corrected chi connectivity index (χ2v) is 9.32. The third-order valence-corrected chi connectivity index (χ3v) is 6.64. The predicted molar refractivity (Wildman–Crippen MR) is 103 cm³/mol. The Balaban J connectivity index is 2.15. The molecule has 1 atom stereocenters. The van der Waals surface area contributed by atoms with Gasteiger partial charge in [0.05, 0.1) is 10.5 Å². The summed E-state index contributed by atoms with van der Waals surface area (Å²) in [6.07, 6.45) is -4.47. The summed E-state index contributed by atoms with van der Waals surface area (Å²) in [7, 11) is -4.40. The second kappa shape index (κ2) is 9.21. The molecule has 1 aliphatic rings. The van der Waals surface area contributed by atoms with Crippen molar-refractivity contribution in [1.82, 2.24) is 14.5 Å². The summed E-state index contributed by atoms with van der Waals surface area (Å²) in [5.74, 6) is -0.318. The summed E-state index contributed by atoms with van der Waals surface area (Å²) in [5, 5.41) is 2.39. The molecule has 0 aliphatic carbocycles. The summed E-state index contributed by atoms with van der Waals surface area (Å²) < 4.78 is 66.2. The lowest BCUT2D eigenvalue weighted by molar-refractivity contribution is -0.139. The van der Waals surface area contributed by atoms with Gasteiger partial charge in [0.2, 0.25) is 15.9 Å². The van der Waals surface area contributed by atoms with E-state index in [2.05, 4.69) is 5.32 Å². The van der Waals surface area contributed by atoms with Crippen molar-refractivity contribution >= 4 is 22.0 Å². The molecule has 2 rings (SSSR count). The first-order valence-corrected chi connectivity index (χ1v) is 10.8. The first kappa shape index (κ1) is 23.9. The van der Waals surface area contributed by atoms with Gasteiger partial charge in [0.1, 0.15) is 6.04 Å². The van der Waals surface area contributed by atoms with E-state index in [9.17, 15) is 31.2 Å². The molecule has 8 nitrogen and oxygen atoms in total. The van der Waals surface area contributed by atoms with Gasteiger partial charge in [-0.05, 0) is 24.5 Å². The summed E-state index contributed by atoms with van der Waals surface area (Å²) in [4.78, 5) is 24.5. The van der Waals surface area contributed by atoms with Crippen LogP contribution in [0, 0.1) is 5.92 Å². The smallest absolute Gasteiger partial charge is 0.352 e. The highest BCUT2D eigenvalue weighted by molar-refractivity contribution is 7.89. The Morgan fingerprint density at radius 3 is 2.20 bits per heavy atom. The number of primary amides is 1. The molecular formula is C18H25F3N4O4S. The van der Waals surface area contributed by atoms with Crippen molar-refractivity contribution in [1.29, 1.82) is 0 Å². The lowest BCUT2D eigenvalue weighted by atomic mass is 10.0. The van der Waals surface area contributed by atoms with E-state index in [4.69, 9.17) is 5.73 Å². The molecular weight excluding hydrogens is 425 g/mol. The predicted octanol–water partition coefficient (Wildman–Crippen LogP) is 1.62. The molecule has 0 bridgehead atoms. The number of nitrogens with one attached hydrogen (secondary N) is 1. The van der Waals surface area contributed by atoms with Crippen molar-refractivity contribution in [3.05, 3.63) is 29.8 Å². The van der Waals surface area contributed by atoms with Crippen LogP contribution in [0.3, 0.4) is 0 Å². The summed E-state index contributed by atoms with van der Waals surface area (Å²) in [5.41, 5.74) is 3.90. The molecule has 3 N–H and O–H groups in total. The first-order valence-electron chi connectivity index (χ1n) is 9.35. The van der Waals surface area contributed by atoms with Crippen LogP contribution in [0.4, 0.5) is 18.0 Å². The van der Waals surface area contributed by atoms with Crippen LogP contribution in [0.25, 0.3) is 0 Å². The van der Waals surface area contributed by atoms with Crippen molar-refractivity contribution in [2.75, 3.05) is 26.2 Å². The van der Waals surface area contributed by atoms with Crippen LogP contribution in [-0.4, -0.2) is 61.8 Å². The molecule has 0 saturated carbocycles. The SMILES string of the molecule is CC(C)CC(NC(N)=O)C(=O)N1CCN(S(=O)(=O)c2ccccc2C(F)(F)F)CC1. The largest absolute Gasteiger partial charge is 0.417 e. The number of nitrogens with zero attached hydrogens (tertiary/aromatic N) is 2. The minimum atomic E-state index is -4.81. The van der Waals surface area contributed by atoms with Gasteiger partial charge in [-0.2, -0.15) is 17.5 Å². The monoisotopic (exact) mass is 450 g/mol. The molecule has 0 aromatic heterocycles. The Morgan fingerprint density at radius 2 is 1.70 bits per heavy atom. The summed E-state index contributed by atoms with van der Waals surface area (Å²) >= 11 is 0. The maximum atomic E-state index is 13.2. The van der Waals surface area contributed by atoms with Gasteiger partial charge in [-0.3, -0.25) is 4.79 Å². The fourth-order valence-electron chi connectivity index (χ4n) is 3.30. The van der Waals surface area contributed by atoms with Crippen molar-refractivity contribution < 1.29 is 31.2 Å². The number of hydrogen-bond donors (Lipinski definition) is 2. The van der Waals surface area contributed by atoms with E-state index < -0.39 is 44.6 Å². The fraction of sp³-hybridized carbons (Fsp3) is 0.556. The zero-order chi connectivity index (χ0) is 22.7. The quantitative estimate of drug-likeness (QED) is 0.686. The lowest BCUT2D eigenvalue weighted by Gasteiger charge is -2.36. The third-order valence-electron chi connectivity index (χ3n) is 4.68. The number of amides is 3. The molecule has 1 aromatic rings. The number of hydrogen-bond acceptors (Lipinski definition) is 4. The van der Waals surface area contributed by atoms with Crippen LogP contribution in [0.5, 0.6) is 0 Å². The number of alkyl halides is 3. The van der Waals surface area contributed by atoms with Crippen LogP contribution < -0.4 is 11.1 Å². The topological polar surface area (TPSA) is 113 Å². The number of rotatable bonds is 6. The van der Waals surface area contributed by atoms with Crippen molar-refractivity contribution in [3.8, 4) is 0 Å². The van der Waals surface area contributed by atoms with Gasteiger partial charge in [-0.15, -0.1) is 0 Å². The van der Waals surface area contributed by atoms with Crippen LogP contribution >= 0.6 is 0 Å². The zero-order valence-corrected chi connectivity index (χ0v) is 17.5. The highest BCUT2D eigenvalue weighted by Crippen LogP contribution is 2.35. The minimum absolute atomic E-state index is 0.0126. The Hall–Kier alpha value is -2.34. The lowest BCUT2D eigenvalue weighted by Crippen LogP contribution is -2.56. The molecule has 168 valence electrons. The zero-order valence-electron chi connectivity index (χ0n) is 16.6. The Bertz CT molecular complexity index is 882. The molecule has 30 heavy (non-hydrogen) atoms. The van der Waals surface area contributed by atoms with Crippen LogP contribution in [0.1, 0.15) is 25.8 Å². The Labute approximate surface area is 173 Å². The molecule has 1 aromatic carbocycles. The Morgan fingerprint density at radius 1 is 1.13 bits per heavy atom. The van der Waals surface area contributed by atoms with E-state index in [0.29, 0.717) is 6.42 Å². The van der Waals surface area contributed by atoms with Gasteiger partial charge in [-0.1, -0.05) is 26.0 Å². The van der Waals surface area contributed by atoms with Crippen LogP contribution in [-0.2, 0) is 21.0 Å². The van der Waals surface area contributed by atoms with E-state index >= 15 is 0 Å². The standard InChI is InChI=1S/C18H25F3N4O4S/c1-12(2)11-14(23-17(22)27)16(26)24-7-9-25(10-8-24)30(28,29)15-6-4-3-5-13(15)18(19,20)21/h3-6,12,14H,7-11H2,1-2H3,(H3,22,23,27). The first-order chi connectivity index (χ1) is 13.8. The Kier molecular flexibility index (Phi) is 7.35. The van der Waals surface area contributed by atoms with Crippen LogP contribution in [0.15, 0.2) is 29.2 Å².